The fourth-order valence-corrected chi connectivity index (χ4v) is 2.12. The SMILES string of the molecule is CC(C)NCc1ccc(Oc2ccccc2Cl)c(Cl)c1. The minimum atomic E-state index is 0.438. The van der Waals surface area contributed by atoms with E-state index >= 15 is 0 Å². The molecule has 106 valence electrons. The molecule has 20 heavy (non-hydrogen) atoms. The van der Waals surface area contributed by atoms with Crippen LogP contribution in [0.3, 0.4) is 0 Å². The first-order valence-electron chi connectivity index (χ1n) is 6.50. The molecule has 2 nitrogen and oxygen atoms in total. The molecular weight excluding hydrogens is 293 g/mol. The van der Waals surface area contributed by atoms with Crippen molar-refractivity contribution in [2.75, 3.05) is 0 Å². The van der Waals surface area contributed by atoms with E-state index in [1.807, 2.05) is 36.4 Å². The summed E-state index contributed by atoms with van der Waals surface area (Å²) in [7, 11) is 0. The Kier molecular flexibility index (Phi) is 5.30. The number of rotatable bonds is 5. The summed E-state index contributed by atoms with van der Waals surface area (Å²) in [5, 5.41) is 4.49. The molecule has 0 radical (unpaired) electrons. The standard InChI is InChI=1S/C16H17Cl2NO/c1-11(2)19-10-12-7-8-16(14(18)9-12)20-15-6-4-3-5-13(15)17/h3-9,11,19H,10H2,1-2H3. The molecule has 0 aliphatic rings. The predicted molar refractivity (Wildman–Crippen MR) is 85.0 cm³/mol. The summed E-state index contributed by atoms with van der Waals surface area (Å²) in [6.07, 6.45) is 0. The van der Waals surface area contributed by atoms with Crippen molar-refractivity contribution in [1.82, 2.24) is 5.32 Å². The van der Waals surface area contributed by atoms with Gasteiger partial charge in [-0.1, -0.05) is 55.2 Å². The Morgan fingerprint density at radius 1 is 1.00 bits per heavy atom. The van der Waals surface area contributed by atoms with Gasteiger partial charge in [-0.2, -0.15) is 0 Å². The molecule has 0 amide bonds. The minimum absolute atomic E-state index is 0.438. The average Bonchev–Trinajstić information content (AvgIpc) is 2.41. The molecule has 2 rings (SSSR count). The molecule has 0 aliphatic carbocycles. The molecule has 0 heterocycles. The molecule has 0 saturated heterocycles. The fraction of sp³-hybridized carbons (Fsp3) is 0.250. The largest absolute Gasteiger partial charge is 0.454 e. The number of hydrogen-bond donors (Lipinski definition) is 1. The summed E-state index contributed by atoms with van der Waals surface area (Å²) in [5.74, 6) is 1.21. The van der Waals surface area contributed by atoms with E-state index in [0.717, 1.165) is 12.1 Å². The molecule has 1 N–H and O–H groups in total. The number of hydrogen-bond acceptors (Lipinski definition) is 2. The molecule has 0 spiro atoms. The van der Waals surface area contributed by atoms with Gasteiger partial charge in [0.15, 0.2) is 0 Å². The zero-order valence-electron chi connectivity index (χ0n) is 11.5. The molecule has 4 heteroatoms. The van der Waals surface area contributed by atoms with Gasteiger partial charge in [0.2, 0.25) is 0 Å². The molecule has 0 aromatic heterocycles. The lowest BCUT2D eigenvalue weighted by atomic mass is 10.2. The molecule has 0 unspecified atom stereocenters. The lowest BCUT2D eigenvalue weighted by molar-refractivity contribution is 0.482. The maximum atomic E-state index is 6.25. The van der Waals surface area contributed by atoms with E-state index in [-0.39, 0.29) is 0 Å². The number of halogens is 2. The van der Waals surface area contributed by atoms with Crippen LogP contribution in [0.2, 0.25) is 10.0 Å². The topological polar surface area (TPSA) is 21.3 Å². The highest BCUT2D eigenvalue weighted by Crippen LogP contribution is 2.33. The van der Waals surface area contributed by atoms with Gasteiger partial charge in [-0.05, 0) is 29.8 Å². The van der Waals surface area contributed by atoms with Crippen LogP contribution >= 0.6 is 23.2 Å². The van der Waals surface area contributed by atoms with Gasteiger partial charge in [-0.15, -0.1) is 0 Å². The van der Waals surface area contributed by atoms with E-state index in [1.54, 1.807) is 6.07 Å². The number of benzene rings is 2. The van der Waals surface area contributed by atoms with Gasteiger partial charge in [0.05, 0.1) is 10.0 Å². The quantitative estimate of drug-likeness (QED) is 0.811. The summed E-state index contributed by atoms with van der Waals surface area (Å²) in [4.78, 5) is 0. The van der Waals surface area contributed by atoms with Crippen LogP contribution in [-0.2, 0) is 6.54 Å². The third-order valence-corrected chi connectivity index (χ3v) is 3.37. The Morgan fingerprint density at radius 2 is 1.70 bits per heavy atom. The Balaban J connectivity index is 2.12. The molecule has 0 aliphatic heterocycles. The molecule has 0 bridgehead atoms. The van der Waals surface area contributed by atoms with Crippen LogP contribution in [0.1, 0.15) is 19.4 Å². The van der Waals surface area contributed by atoms with Crippen LogP contribution in [0.15, 0.2) is 42.5 Å². The lowest BCUT2D eigenvalue weighted by Crippen LogP contribution is -2.21. The second kappa shape index (κ2) is 6.98. The molecular formula is C16H17Cl2NO. The third kappa shape index (κ3) is 4.14. The van der Waals surface area contributed by atoms with Crippen molar-refractivity contribution in [3.63, 3.8) is 0 Å². The Bertz CT molecular complexity index is 584. The smallest absolute Gasteiger partial charge is 0.146 e. The maximum absolute atomic E-state index is 6.25. The summed E-state index contributed by atoms with van der Waals surface area (Å²) in [5.41, 5.74) is 1.12. The fourth-order valence-electron chi connectivity index (χ4n) is 1.71. The van der Waals surface area contributed by atoms with E-state index in [2.05, 4.69) is 19.2 Å². The number of ether oxygens (including phenoxy) is 1. The van der Waals surface area contributed by atoms with Crippen molar-refractivity contribution < 1.29 is 4.74 Å². The van der Waals surface area contributed by atoms with Crippen LogP contribution in [-0.4, -0.2) is 6.04 Å². The highest BCUT2D eigenvalue weighted by atomic mass is 35.5. The van der Waals surface area contributed by atoms with E-state index in [9.17, 15) is 0 Å². The Morgan fingerprint density at radius 3 is 2.35 bits per heavy atom. The van der Waals surface area contributed by atoms with Gasteiger partial charge in [0.25, 0.3) is 0 Å². The summed E-state index contributed by atoms with van der Waals surface area (Å²) in [6.45, 7) is 5.00. The first-order chi connectivity index (χ1) is 9.56. The normalized spacial score (nSPS) is 10.8. The zero-order valence-corrected chi connectivity index (χ0v) is 13.0. The Labute approximate surface area is 129 Å². The van der Waals surface area contributed by atoms with Crippen molar-refractivity contribution in [2.24, 2.45) is 0 Å². The van der Waals surface area contributed by atoms with Crippen LogP contribution in [0, 0.1) is 0 Å². The second-order valence-corrected chi connectivity index (χ2v) is 5.65. The molecule has 0 saturated carbocycles. The molecule has 0 atom stereocenters. The molecule has 2 aromatic rings. The van der Waals surface area contributed by atoms with Gasteiger partial charge in [-0.3, -0.25) is 0 Å². The van der Waals surface area contributed by atoms with Crippen LogP contribution in [0.5, 0.6) is 11.5 Å². The molecule has 2 aromatic carbocycles. The second-order valence-electron chi connectivity index (χ2n) is 4.83. The van der Waals surface area contributed by atoms with Crippen molar-refractivity contribution in [1.29, 1.82) is 0 Å². The van der Waals surface area contributed by atoms with Crippen LogP contribution < -0.4 is 10.1 Å². The summed E-state index contributed by atoms with van der Waals surface area (Å²) >= 11 is 12.3. The summed E-state index contributed by atoms with van der Waals surface area (Å²) in [6, 6.07) is 13.5. The average molecular weight is 310 g/mol. The Hall–Kier alpha value is -1.22. The maximum Gasteiger partial charge on any atom is 0.146 e. The van der Waals surface area contributed by atoms with Crippen molar-refractivity contribution in [2.45, 2.75) is 26.4 Å². The van der Waals surface area contributed by atoms with Gasteiger partial charge >= 0.3 is 0 Å². The predicted octanol–water partition coefficient (Wildman–Crippen LogP) is 5.28. The van der Waals surface area contributed by atoms with E-state index in [0.29, 0.717) is 27.6 Å². The summed E-state index contributed by atoms with van der Waals surface area (Å²) < 4.78 is 5.74. The van der Waals surface area contributed by atoms with Crippen molar-refractivity contribution in [3.8, 4) is 11.5 Å². The van der Waals surface area contributed by atoms with E-state index in [1.165, 1.54) is 0 Å². The van der Waals surface area contributed by atoms with Crippen molar-refractivity contribution in [3.05, 3.63) is 58.1 Å². The highest BCUT2D eigenvalue weighted by molar-refractivity contribution is 6.32. The minimum Gasteiger partial charge on any atom is -0.454 e. The van der Waals surface area contributed by atoms with Crippen molar-refractivity contribution >= 4 is 23.2 Å². The first-order valence-corrected chi connectivity index (χ1v) is 7.26. The first kappa shape index (κ1) is 15.2. The van der Waals surface area contributed by atoms with Gasteiger partial charge in [-0.25, -0.2) is 0 Å². The lowest BCUT2D eigenvalue weighted by Gasteiger charge is -2.12. The monoisotopic (exact) mass is 309 g/mol. The number of nitrogens with one attached hydrogen (secondary N) is 1. The van der Waals surface area contributed by atoms with Gasteiger partial charge in [0.1, 0.15) is 11.5 Å². The third-order valence-electron chi connectivity index (χ3n) is 2.77. The van der Waals surface area contributed by atoms with E-state index in [4.69, 9.17) is 27.9 Å². The number of para-hydroxylation sites is 1. The highest BCUT2D eigenvalue weighted by Gasteiger charge is 2.07. The van der Waals surface area contributed by atoms with Gasteiger partial charge < -0.3 is 10.1 Å². The van der Waals surface area contributed by atoms with Crippen LogP contribution in [0.4, 0.5) is 0 Å². The van der Waals surface area contributed by atoms with E-state index < -0.39 is 0 Å². The zero-order chi connectivity index (χ0) is 14.5. The molecule has 0 fully saturated rings. The van der Waals surface area contributed by atoms with Gasteiger partial charge in [0, 0.05) is 12.6 Å². The van der Waals surface area contributed by atoms with Crippen LogP contribution in [0.25, 0.3) is 0 Å².